The first-order valence-corrected chi connectivity index (χ1v) is 5.50. The summed E-state index contributed by atoms with van der Waals surface area (Å²) in [5, 5.41) is 9.06. The number of carboxylic acid groups (broad SMARTS) is 1. The van der Waals surface area contributed by atoms with Crippen LogP contribution in [0.1, 0.15) is 34.1 Å². The average Bonchev–Trinajstić information content (AvgIpc) is 2.42. The molecule has 0 aliphatic heterocycles. The molecule has 5 nitrogen and oxygen atoms in total. The fraction of sp³-hybridized carbons (Fsp3) is 0.667. The van der Waals surface area contributed by atoms with Crippen molar-refractivity contribution in [3.8, 4) is 0 Å². The number of carbonyl (C=O) groups is 2. The van der Waals surface area contributed by atoms with E-state index in [2.05, 4.69) is 0 Å². The van der Waals surface area contributed by atoms with E-state index in [4.69, 9.17) is 15.6 Å². The second kappa shape index (κ2) is 4.14. The molecule has 96 valence electrons. The predicted molar refractivity (Wildman–Crippen MR) is 62.3 cm³/mol. The van der Waals surface area contributed by atoms with Crippen molar-refractivity contribution in [2.75, 3.05) is 0 Å². The van der Waals surface area contributed by atoms with Gasteiger partial charge < -0.3 is 15.6 Å². The van der Waals surface area contributed by atoms with E-state index >= 15 is 0 Å². The van der Waals surface area contributed by atoms with Gasteiger partial charge in [0.15, 0.2) is 0 Å². The zero-order valence-electron chi connectivity index (χ0n) is 10.6. The highest BCUT2D eigenvalue weighted by atomic mass is 16.6. The summed E-state index contributed by atoms with van der Waals surface area (Å²) in [6, 6.07) is 0. The molecule has 1 aliphatic carbocycles. The average molecular weight is 241 g/mol. The third kappa shape index (κ3) is 2.85. The van der Waals surface area contributed by atoms with Crippen molar-refractivity contribution < 1.29 is 19.4 Å². The summed E-state index contributed by atoms with van der Waals surface area (Å²) >= 11 is 0. The van der Waals surface area contributed by atoms with Crippen LogP contribution in [0.25, 0.3) is 0 Å². The van der Waals surface area contributed by atoms with E-state index in [-0.39, 0.29) is 6.42 Å². The van der Waals surface area contributed by atoms with Gasteiger partial charge in [0, 0.05) is 0 Å². The molecule has 0 amide bonds. The molecule has 0 aromatic carbocycles. The number of ether oxygens (including phenoxy) is 1. The summed E-state index contributed by atoms with van der Waals surface area (Å²) in [5.41, 5.74) is 4.24. The third-order valence-electron chi connectivity index (χ3n) is 2.79. The van der Waals surface area contributed by atoms with Crippen LogP contribution in [0.2, 0.25) is 0 Å². The summed E-state index contributed by atoms with van der Waals surface area (Å²) in [6.07, 6.45) is 1.64. The minimum absolute atomic E-state index is 0.0586. The molecule has 1 rings (SSSR count). The van der Waals surface area contributed by atoms with Gasteiger partial charge in [0.1, 0.15) is 11.1 Å². The molecule has 5 heteroatoms. The van der Waals surface area contributed by atoms with Crippen molar-refractivity contribution in [1.82, 2.24) is 0 Å². The van der Waals surface area contributed by atoms with E-state index in [1.165, 1.54) is 0 Å². The Balaban J connectivity index is 2.80. The quantitative estimate of drug-likeness (QED) is 0.557. The zero-order valence-corrected chi connectivity index (χ0v) is 10.6. The van der Waals surface area contributed by atoms with E-state index in [0.29, 0.717) is 5.57 Å². The lowest BCUT2D eigenvalue weighted by atomic mass is 9.92. The summed E-state index contributed by atoms with van der Waals surface area (Å²) < 4.78 is 5.21. The van der Waals surface area contributed by atoms with Crippen molar-refractivity contribution in [2.24, 2.45) is 11.7 Å². The number of rotatable bonds is 2. The molecule has 0 spiro atoms. The van der Waals surface area contributed by atoms with Crippen molar-refractivity contribution in [3.63, 3.8) is 0 Å². The van der Waals surface area contributed by atoms with Gasteiger partial charge in [0.25, 0.3) is 0 Å². The molecule has 3 N–H and O–H groups in total. The molecule has 17 heavy (non-hydrogen) atoms. The van der Waals surface area contributed by atoms with Crippen molar-refractivity contribution >= 4 is 11.9 Å². The van der Waals surface area contributed by atoms with Crippen molar-refractivity contribution in [2.45, 2.75) is 45.3 Å². The van der Waals surface area contributed by atoms with Gasteiger partial charge in [-0.15, -0.1) is 0 Å². The minimum Gasteiger partial charge on any atom is -0.480 e. The third-order valence-corrected chi connectivity index (χ3v) is 2.79. The van der Waals surface area contributed by atoms with Crippen molar-refractivity contribution in [3.05, 3.63) is 11.6 Å². The van der Waals surface area contributed by atoms with Crippen LogP contribution in [-0.4, -0.2) is 28.2 Å². The molecule has 0 saturated heterocycles. The van der Waals surface area contributed by atoms with Crippen LogP contribution in [0.5, 0.6) is 0 Å². The Labute approximate surface area is 101 Å². The van der Waals surface area contributed by atoms with Gasteiger partial charge in [0.05, 0.1) is 5.92 Å². The van der Waals surface area contributed by atoms with E-state index in [9.17, 15) is 9.59 Å². The predicted octanol–water partition coefficient (Wildman–Crippen LogP) is 1.08. The standard InChI is InChI=1S/C12H19NO4/c1-7-5-8(6-12(7,13)10(15)16)9(14)17-11(2,3)4/h5,8H,6,13H2,1-4H3,(H,15,16)/t8-,12-/m0/s1. The van der Waals surface area contributed by atoms with Crippen LogP contribution in [0.4, 0.5) is 0 Å². The van der Waals surface area contributed by atoms with Gasteiger partial charge in [-0.25, -0.2) is 4.79 Å². The Kier molecular flexibility index (Phi) is 3.34. The SMILES string of the molecule is CC1=C[C@H](C(=O)OC(C)(C)C)C[C@@]1(N)C(=O)O. The van der Waals surface area contributed by atoms with E-state index in [1.54, 1.807) is 33.8 Å². The van der Waals surface area contributed by atoms with Crippen molar-refractivity contribution in [1.29, 1.82) is 0 Å². The summed E-state index contributed by atoms with van der Waals surface area (Å²) in [6.45, 7) is 6.93. The fourth-order valence-corrected chi connectivity index (χ4v) is 1.80. The van der Waals surface area contributed by atoms with Crippen LogP contribution in [0.15, 0.2) is 11.6 Å². The molecule has 0 bridgehead atoms. The van der Waals surface area contributed by atoms with Gasteiger partial charge in [-0.3, -0.25) is 4.79 Å². The Hall–Kier alpha value is -1.36. The normalized spacial score (nSPS) is 28.8. The highest BCUT2D eigenvalue weighted by Gasteiger charge is 2.45. The Morgan fingerprint density at radius 2 is 2.06 bits per heavy atom. The lowest BCUT2D eigenvalue weighted by molar-refractivity contribution is -0.158. The topological polar surface area (TPSA) is 89.6 Å². The van der Waals surface area contributed by atoms with Crippen LogP contribution >= 0.6 is 0 Å². The number of aliphatic carboxylic acids is 1. The summed E-state index contributed by atoms with van der Waals surface area (Å²) in [7, 11) is 0. The molecule has 0 saturated carbocycles. The molecule has 0 heterocycles. The van der Waals surface area contributed by atoms with Crippen LogP contribution in [0.3, 0.4) is 0 Å². The number of nitrogens with two attached hydrogens (primary N) is 1. The minimum atomic E-state index is -1.44. The summed E-state index contributed by atoms with van der Waals surface area (Å²) in [4.78, 5) is 22.9. The first kappa shape index (κ1) is 13.7. The van der Waals surface area contributed by atoms with E-state index in [1.807, 2.05) is 0 Å². The first-order valence-electron chi connectivity index (χ1n) is 5.50. The maximum absolute atomic E-state index is 11.8. The van der Waals surface area contributed by atoms with E-state index in [0.717, 1.165) is 0 Å². The molecule has 0 aromatic rings. The molecule has 2 atom stereocenters. The van der Waals surface area contributed by atoms with Gasteiger partial charge >= 0.3 is 11.9 Å². The second-order valence-corrected chi connectivity index (χ2v) is 5.47. The van der Waals surface area contributed by atoms with Crippen LogP contribution in [-0.2, 0) is 14.3 Å². The molecular weight excluding hydrogens is 222 g/mol. The highest BCUT2D eigenvalue weighted by Crippen LogP contribution is 2.33. The first-order chi connectivity index (χ1) is 7.56. The lowest BCUT2D eigenvalue weighted by Crippen LogP contribution is -2.48. The largest absolute Gasteiger partial charge is 0.480 e. The molecular formula is C12H19NO4. The maximum Gasteiger partial charge on any atom is 0.328 e. The molecule has 0 aromatic heterocycles. The number of hydrogen-bond donors (Lipinski definition) is 2. The number of esters is 1. The van der Waals surface area contributed by atoms with Gasteiger partial charge in [-0.05, 0) is 39.7 Å². The number of carboxylic acids is 1. The number of carbonyl (C=O) groups excluding carboxylic acids is 1. The Bertz CT molecular complexity index is 380. The Morgan fingerprint density at radius 1 is 1.53 bits per heavy atom. The van der Waals surface area contributed by atoms with E-state index < -0.39 is 29.0 Å². The molecule has 0 radical (unpaired) electrons. The molecule has 0 unspecified atom stereocenters. The van der Waals surface area contributed by atoms with Gasteiger partial charge in [-0.1, -0.05) is 6.08 Å². The monoisotopic (exact) mass is 241 g/mol. The maximum atomic E-state index is 11.8. The second-order valence-electron chi connectivity index (χ2n) is 5.47. The fourth-order valence-electron chi connectivity index (χ4n) is 1.80. The Morgan fingerprint density at radius 3 is 2.41 bits per heavy atom. The lowest BCUT2D eigenvalue weighted by Gasteiger charge is -2.24. The highest BCUT2D eigenvalue weighted by molar-refractivity contribution is 5.87. The zero-order chi connectivity index (χ0) is 13.4. The number of hydrogen-bond acceptors (Lipinski definition) is 4. The molecule has 1 aliphatic rings. The van der Waals surface area contributed by atoms with Crippen LogP contribution < -0.4 is 5.73 Å². The van der Waals surface area contributed by atoms with Gasteiger partial charge in [0.2, 0.25) is 0 Å². The molecule has 0 fully saturated rings. The smallest absolute Gasteiger partial charge is 0.328 e. The summed E-state index contributed by atoms with van der Waals surface area (Å²) in [5.74, 6) is -2.11. The van der Waals surface area contributed by atoms with Gasteiger partial charge in [-0.2, -0.15) is 0 Å². The van der Waals surface area contributed by atoms with Crippen LogP contribution in [0, 0.1) is 5.92 Å².